The molecular formula is C13H15N3O3. The summed E-state index contributed by atoms with van der Waals surface area (Å²) in [5.74, 6) is -0.198. The Balaban J connectivity index is 1.95. The molecular weight excluding hydrogens is 246 g/mol. The van der Waals surface area contributed by atoms with E-state index in [2.05, 4.69) is 10.3 Å². The van der Waals surface area contributed by atoms with Crippen molar-refractivity contribution in [3.63, 3.8) is 0 Å². The Labute approximate surface area is 110 Å². The number of rotatable bonds is 5. The molecule has 1 amide bonds. The van der Waals surface area contributed by atoms with Gasteiger partial charge in [0.15, 0.2) is 5.69 Å². The minimum absolute atomic E-state index is 0.146. The van der Waals surface area contributed by atoms with Gasteiger partial charge in [0.05, 0.1) is 6.61 Å². The van der Waals surface area contributed by atoms with Gasteiger partial charge in [-0.1, -0.05) is 30.3 Å². The number of hydrogen-bond donors (Lipinski definition) is 3. The van der Waals surface area contributed by atoms with Gasteiger partial charge in [-0.2, -0.15) is 0 Å². The Morgan fingerprint density at radius 2 is 2.16 bits per heavy atom. The largest absolute Gasteiger partial charge is 0.446 e. The summed E-state index contributed by atoms with van der Waals surface area (Å²) >= 11 is 0. The van der Waals surface area contributed by atoms with Crippen LogP contribution in [0.5, 0.6) is 0 Å². The quantitative estimate of drug-likeness (QED) is 0.731. The van der Waals surface area contributed by atoms with E-state index in [-0.39, 0.29) is 24.1 Å². The van der Waals surface area contributed by atoms with Gasteiger partial charge in [0, 0.05) is 6.54 Å². The lowest BCUT2D eigenvalue weighted by atomic mass is 10.2. The lowest BCUT2D eigenvalue weighted by molar-refractivity contribution is 0.0946. The maximum absolute atomic E-state index is 11.8. The van der Waals surface area contributed by atoms with Gasteiger partial charge in [-0.05, 0) is 5.56 Å². The average molecular weight is 261 g/mol. The third kappa shape index (κ3) is 3.40. The Kier molecular flexibility index (Phi) is 4.27. The zero-order chi connectivity index (χ0) is 13.7. The standard InChI is InChI=1S/C13H15N3O3/c14-10(7-17)13-16-11(8-19-13)12(18)15-6-9-4-2-1-3-5-9/h1-5,8,10,17H,6-7,14H2,(H,15,18)/t10-/m0/s1. The van der Waals surface area contributed by atoms with Crippen molar-refractivity contribution in [1.29, 1.82) is 0 Å². The maximum Gasteiger partial charge on any atom is 0.273 e. The van der Waals surface area contributed by atoms with Gasteiger partial charge in [-0.25, -0.2) is 4.98 Å². The summed E-state index contributed by atoms with van der Waals surface area (Å²) < 4.78 is 5.03. The second-order valence-corrected chi connectivity index (χ2v) is 4.03. The van der Waals surface area contributed by atoms with Crippen molar-refractivity contribution in [3.05, 3.63) is 53.7 Å². The molecule has 1 aromatic carbocycles. The van der Waals surface area contributed by atoms with Crippen LogP contribution in [0.3, 0.4) is 0 Å². The number of aliphatic hydroxyl groups is 1. The zero-order valence-electron chi connectivity index (χ0n) is 10.2. The van der Waals surface area contributed by atoms with Crippen molar-refractivity contribution < 1.29 is 14.3 Å². The predicted molar refractivity (Wildman–Crippen MR) is 68.1 cm³/mol. The van der Waals surface area contributed by atoms with Gasteiger partial charge in [-0.15, -0.1) is 0 Å². The summed E-state index contributed by atoms with van der Waals surface area (Å²) in [5.41, 5.74) is 6.68. The fourth-order valence-corrected chi connectivity index (χ4v) is 1.51. The summed E-state index contributed by atoms with van der Waals surface area (Å²) in [6, 6.07) is 8.82. The average Bonchev–Trinajstić information content (AvgIpc) is 2.95. The molecule has 2 aromatic rings. The van der Waals surface area contributed by atoms with E-state index >= 15 is 0 Å². The van der Waals surface area contributed by atoms with Crippen LogP contribution in [0, 0.1) is 0 Å². The van der Waals surface area contributed by atoms with E-state index in [1.54, 1.807) is 0 Å². The number of nitrogens with one attached hydrogen (secondary N) is 1. The lowest BCUT2D eigenvalue weighted by Crippen LogP contribution is -2.23. The maximum atomic E-state index is 11.8. The van der Waals surface area contributed by atoms with Crippen LogP contribution >= 0.6 is 0 Å². The Bertz CT molecular complexity index is 539. The predicted octanol–water partition coefficient (Wildman–Crippen LogP) is 0.597. The number of hydrogen-bond acceptors (Lipinski definition) is 5. The van der Waals surface area contributed by atoms with Crippen molar-refractivity contribution in [3.8, 4) is 0 Å². The third-order valence-corrected chi connectivity index (χ3v) is 2.56. The molecule has 100 valence electrons. The number of amides is 1. The van der Waals surface area contributed by atoms with E-state index < -0.39 is 6.04 Å². The number of benzene rings is 1. The smallest absolute Gasteiger partial charge is 0.273 e. The number of nitrogens with two attached hydrogens (primary N) is 1. The molecule has 0 saturated heterocycles. The minimum Gasteiger partial charge on any atom is -0.446 e. The van der Waals surface area contributed by atoms with Crippen LogP contribution in [0.25, 0.3) is 0 Å². The molecule has 0 spiro atoms. The highest BCUT2D eigenvalue weighted by Gasteiger charge is 2.16. The molecule has 0 bridgehead atoms. The van der Waals surface area contributed by atoms with Crippen LogP contribution in [-0.2, 0) is 6.54 Å². The summed E-state index contributed by atoms with van der Waals surface area (Å²) in [4.78, 5) is 15.7. The minimum atomic E-state index is -0.712. The highest BCUT2D eigenvalue weighted by atomic mass is 16.3. The first-order valence-electron chi connectivity index (χ1n) is 5.84. The number of oxazole rings is 1. The molecule has 0 saturated carbocycles. The molecule has 1 atom stereocenters. The SMILES string of the molecule is N[C@@H](CO)c1nc(C(=O)NCc2ccccc2)co1. The van der Waals surface area contributed by atoms with Crippen LogP contribution in [0.15, 0.2) is 41.0 Å². The number of aromatic nitrogens is 1. The van der Waals surface area contributed by atoms with E-state index in [1.165, 1.54) is 6.26 Å². The molecule has 0 fully saturated rings. The van der Waals surface area contributed by atoms with Crippen LogP contribution in [0.4, 0.5) is 0 Å². The van der Waals surface area contributed by atoms with Gasteiger partial charge in [0.1, 0.15) is 12.3 Å². The van der Waals surface area contributed by atoms with Gasteiger partial charge in [0.25, 0.3) is 5.91 Å². The van der Waals surface area contributed by atoms with E-state index in [1.807, 2.05) is 30.3 Å². The van der Waals surface area contributed by atoms with E-state index in [0.717, 1.165) is 5.56 Å². The van der Waals surface area contributed by atoms with Gasteiger partial charge in [-0.3, -0.25) is 4.79 Å². The number of carbonyl (C=O) groups is 1. The van der Waals surface area contributed by atoms with Crippen molar-refractivity contribution in [2.45, 2.75) is 12.6 Å². The van der Waals surface area contributed by atoms with Gasteiger partial charge >= 0.3 is 0 Å². The van der Waals surface area contributed by atoms with E-state index in [9.17, 15) is 4.79 Å². The monoisotopic (exact) mass is 261 g/mol. The van der Waals surface area contributed by atoms with Gasteiger partial charge in [0.2, 0.25) is 5.89 Å². The van der Waals surface area contributed by atoms with Crippen molar-refractivity contribution >= 4 is 5.91 Å². The molecule has 4 N–H and O–H groups in total. The molecule has 0 aliphatic rings. The first-order valence-corrected chi connectivity index (χ1v) is 5.84. The molecule has 1 aromatic heterocycles. The number of aliphatic hydroxyl groups excluding tert-OH is 1. The highest BCUT2D eigenvalue weighted by Crippen LogP contribution is 2.09. The fourth-order valence-electron chi connectivity index (χ4n) is 1.51. The van der Waals surface area contributed by atoms with Crippen LogP contribution in [-0.4, -0.2) is 22.6 Å². The molecule has 0 unspecified atom stereocenters. The van der Waals surface area contributed by atoms with Crippen LogP contribution in [0.1, 0.15) is 28.0 Å². The third-order valence-electron chi connectivity index (χ3n) is 2.56. The second-order valence-electron chi connectivity index (χ2n) is 4.03. The number of nitrogens with zero attached hydrogens (tertiary/aromatic N) is 1. The molecule has 19 heavy (non-hydrogen) atoms. The summed E-state index contributed by atoms with van der Waals surface area (Å²) in [7, 11) is 0. The number of carbonyl (C=O) groups excluding carboxylic acids is 1. The Hall–Kier alpha value is -2.18. The molecule has 6 heteroatoms. The summed E-state index contributed by atoms with van der Waals surface area (Å²) in [6.45, 7) is 0.125. The summed E-state index contributed by atoms with van der Waals surface area (Å²) in [5, 5.41) is 11.6. The lowest BCUT2D eigenvalue weighted by Gasteiger charge is -2.02. The van der Waals surface area contributed by atoms with Crippen LogP contribution in [0.2, 0.25) is 0 Å². The zero-order valence-corrected chi connectivity index (χ0v) is 10.2. The van der Waals surface area contributed by atoms with Crippen molar-refractivity contribution in [1.82, 2.24) is 10.3 Å². The van der Waals surface area contributed by atoms with Gasteiger partial charge < -0.3 is 20.6 Å². The molecule has 6 nitrogen and oxygen atoms in total. The fraction of sp³-hybridized carbons (Fsp3) is 0.231. The first kappa shape index (κ1) is 13.3. The van der Waals surface area contributed by atoms with Crippen molar-refractivity contribution in [2.24, 2.45) is 5.73 Å². The molecule has 0 radical (unpaired) electrons. The normalized spacial score (nSPS) is 12.1. The van der Waals surface area contributed by atoms with E-state index in [0.29, 0.717) is 6.54 Å². The van der Waals surface area contributed by atoms with Crippen molar-refractivity contribution in [2.75, 3.05) is 6.61 Å². The molecule has 2 rings (SSSR count). The molecule has 1 heterocycles. The second kappa shape index (κ2) is 6.12. The Morgan fingerprint density at radius 1 is 1.42 bits per heavy atom. The molecule has 0 aliphatic heterocycles. The van der Waals surface area contributed by atoms with Crippen LogP contribution < -0.4 is 11.1 Å². The molecule has 0 aliphatic carbocycles. The summed E-state index contributed by atoms with van der Waals surface area (Å²) in [6.07, 6.45) is 1.23. The highest BCUT2D eigenvalue weighted by molar-refractivity contribution is 5.91. The first-order chi connectivity index (χ1) is 9.20. The Morgan fingerprint density at radius 3 is 2.84 bits per heavy atom. The van der Waals surface area contributed by atoms with E-state index in [4.69, 9.17) is 15.3 Å². The topological polar surface area (TPSA) is 101 Å².